The molecular formula is C33H28F3NO3S. The highest BCUT2D eigenvalue weighted by Gasteiger charge is 2.50. The smallest absolute Gasteiger partial charge is 0.426 e. The van der Waals surface area contributed by atoms with Crippen LogP contribution in [0.1, 0.15) is 22.6 Å². The van der Waals surface area contributed by atoms with Crippen molar-refractivity contribution in [3.05, 3.63) is 126 Å². The molecule has 4 aromatic carbocycles. The van der Waals surface area contributed by atoms with Gasteiger partial charge in [-0.1, -0.05) is 91.0 Å². The second kappa shape index (κ2) is 12.2. The molecule has 0 aliphatic heterocycles. The molecule has 41 heavy (non-hydrogen) atoms. The van der Waals surface area contributed by atoms with Gasteiger partial charge in [-0.3, -0.25) is 0 Å². The molecule has 0 saturated heterocycles. The van der Waals surface area contributed by atoms with Crippen LogP contribution in [0.3, 0.4) is 0 Å². The molecule has 0 aliphatic carbocycles. The van der Waals surface area contributed by atoms with Crippen LogP contribution in [0, 0.1) is 6.92 Å². The third kappa shape index (κ3) is 6.14. The third-order valence-electron chi connectivity index (χ3n) is 6.83. The number of ether oxygens (including phenoxy) is 3. The Morgan fingerprint density at radius 3 is 2.07 bits per heavy atom. The Bertz CT molecular complexity index is 1620. The van der Waals surface area contributed by atoms with E-state index in [2.05, 4.69) is 0 Å². The van der Waals surface area contributed by atoms with E-state index < -0.39 is 23.4 Å². The first-order valence-corrected chi connectivity index (χ1v) is 13.4. The normalized spacial score (nSPS) is 13.1. The van der Waals surface area contributed by atoms with Gasteiger partial charge in [-0.15, -0.1) is 0 Å². The van der Waals surface area contributed by atoms with Crippen molar-refractivity contribution in [2.75, 3.05) is 7.11 Å². The Kier molecular flexibility index (Phi) is 8.42. The summed E-state index contributed by atoms with van der Waals surface area (Å²) in [6.45, 7) is 2.08. The van der Waals surface area contributed by atoms with Crippen molar-refractivity contribution in [3.63, 3.8) is 0 Å². The summed E-state index contributed by atoms with van der Waals surface area (Å²) in [5, 5.41) is 0.0466. The summed E-state index contributed by atoms with van der Waals surface area (Å²) < 4.78 is 63.9. The highest BCUT2D eigenvalue weighted by atomic mass is 32.1. The summed E-state index contributed by atoms with van der Waals surface area (Å²) in [6, 6.07) is 32.0. The predicted octanol–water partition coefficient (Wildman–Crippen LogP) is 8.66. The van der Waals surface area contributed by atoms with Crippen molar-refractivity contribution in [3.8, 4) is 17.0 Å². The fraction of sp³-hybridized carbons (Fsp3) is 0.182. The maximum Gasteiger partial charge on any atom is 0.426 e. The van der Waals surface area contributed by atoms with E-state index in [4.69, 9.17) is 26.4 Å². The molecule has 1 heterocycles. The van der Waals surface area contributed by atoms with Crippen LogP contribution >= 0.6 is 12.2 Å². The Labute approximate surface area is 241 Å². The molecule has 0 spiro atoms. The number of methoxy groups -OCH3 is 1. The van der Waals surface area contributed by atoms with E-state index in [0.717, 1.165) is 16.6 Å². The molecule has 0 amide bonds. The molecule has 5 rings (SSSR count). The highest BCUT2D eigenvalue weighted by molar-refractivity contribution is 7.79. The number of hydrogen-bond acceptors (Lipinski definition) is 4. The van der Waals surface area contributed by atoms with Gasteiger partial charge in [0, 0.05) is 24.7 Å². The number of aromatic nitrogens is 1. The van der Waals surface area contributed by atoms with Gasteiger partial charge in [0.1, 0.15) is 12.5 Å². The fourth-order valence-corrected chi connectivity index (χ4v) is 5.36. The van der Waals surface area contributed by atoms with E-state index in [1.807, 2.05) is 60.0 Å². The molecule has 0 saturated carbocycles. The van der Waals surface area contributed by atoms with E-state index in [1.54, 1.807) is 67.8 Å². The zero-order valence-corrected chi connectivity index (χ0v) is 23.3. The Morgan fingerprint density at radius 1 is 0.854 bits per heavy atom. The number of alkyl halides is 3. The van der Waals surface area contributed by atoms with Crippen molar-refractivity contribution < 1.29 is 27.4 Å². The van der Waals surface area contributed by atoms with Gasteiger partial charge in [0.15, 0.2) is 0 Å². The summed E-state index contributed by atoms with van der Waals surface area (Å²) in [5.74, 6) is -1.01. The minimum Gasteiger partial charge on any atom is -0.443 e. The lowest BCUT2D eigenvalue weighted by atomic mass is 9.83. The zero-order valence-electron chi connectivity index (χ0n) is 22.5. The van der Waals surface area contributed by atoms with Crippen LogP contribution in [0.15, 0.2) is 109 Å². The number of aryl methyl sites for hydroxylation is 1. The Morgan fingerprint density at radius 2 is 1.46 bits per heavy atom. The van der Waals surface area contributed by atoms with Crippen LogP contribution < -0.4 is 4.74 Å². The summed E-state index contributed by atoms with van der Waals surface area (Å²) in [6.07, 6.45) is -7.16. The molecule has 0 radical (unpaired) electrons. The van der Waals surface area contributed by atoms with Crippen LogP contribution in [0.25, 0.3) is 22.2 Å². The topological polar surface area (TPSA) is 32.6 Å². The molecule has 0 N–H and O–H groups in total. The van der Waals surface area contributed by atoms with Crippen molar-refractivity contribution in [1.82, 2.24) is 4.57 Å². The molecule has 0 bridgehead atoms. The zero-order chi connectivity index (χ0) is 29.0. The fourth-order valence-electron chi connectivity index (χ4n) is 5.16. The maximum absolute atomic E-state index is 15.1. The van der Waals surface area contributed by atoms with E-state index in [1.165, 1.54) is 0 Å². The largest absolute Gasteiger partial charge is 0.443 e. The Hall–Kier alpha value is -4.14. The molecule has 8 heteroatoms. The van der Waals surface area contributed by atoms with Gasteiger partial charge < -0.3 is 18.8 Å². The average molecular weight is 576 g/mol. The predicted molar refractivity (Wildman–Crippen MR) is 158 cm³/mol. The molecule has 0 aliphatic rings. The van der Waals surface area contributed by atoms with Crippen LogP contribution in [0.2, 0.25) is 0 Å². The summed E-state index contributed by atoms with van der Waals surface area (Å²) in [4.78, 5) is 0. The monoisotopic (exact) mass is 575 g/mol. The first-order chi connectivity index (χ1) is 19.8. The van der Waals surface area contributed by atoms with Gasteiger partial charge in [-0.25, -0.2) is 0 Å². The van der Waals surface area contributed by atoms with Crippen molar-refractivity contribution in [2.45, 2.75) is 31.9 Å². The highest BCUT2D eigenvalue weighted by Crippen LogP contribution is 2.47. The van der Waals surface area contributed by atoms with E-state index in [9.17, 15) is 0 Å². The van der Waals surface area contributed by atoms with Gasteiger partial charge in [-0.2, -0.15) is 13.2 Å². The van der Waals surface area contributed by atoms with Crippen LogP contribution in [-0.4, -0.2) is 29.2 Å². The van der Waals surface area contributed by atoms with Gasteiger partial charge in [0.2, 0.25) is 6.10 Å². The molecule has 5 aromatic rings. The van der Waals surface area contributed by atoms with Gasteiger partial charge in [0.05, 0.1) is 17.1 Å². The van der Waals surface area contributed by atoms with Crippen LogP contribution in [-0.2, 0) is 16.2 Å². The van der Waals surface area contributed by atoms with Crippen molar-refractivity contribution in [2.24, 2.45) is 0 Å². The lowest BCUT2D eigenvalue weighted by Crippen LogP contribution is -2.40. The first-order valence-electron chi connectivity index (χ1n) is 13.0. The number of thiocarbonyl (C=S) groups is 1. The molecule has 1 aromatic heterocycles. The quantitative estimate of drug-likeness (QED) is 0.173. The molecule has 2 atom stereocenters. The van der Waals surface area contributed by atoms with E-state index in [0.29, 0.717) is 22.2 Å². The Balaban J connectivity index is 1.77. The number of halogens is 3. The van der Waals surface area contributed by atoms with E-state index >= 15 is 13.2 Å². The average Bonchev–Trinajstić information content (AvgIpc) is 3.27. The van der Waals surface area contributed by atoms with Gasteiger partial charge in [-0.05, 0) is 47.4 Å². The van der Waals surface area contributed by atoms with Crippen molar-refractivity contribution in [1.29, 1.82) is 0 Å². The number of hydrogen-bond donors (Lipinski definition) is 0. The second-order valence-electron chi connectivity index (χ2n) is 9.63. The maximum atomic E-state index is 15.1. The van der Waals surface area contributed by atoms with E-state index in [-0.39, 0.29) is 12.5 Å². The number of rotatable bonds is 8. The molecule has 4 nitrogen and oxygen atoms in total. The summed E-state index contributed by atoms with van der Waals surface area (Å²) in [5.41, 5.74) is 3.96. The number of para-hydroxylation sites is 1. The molecule has 0 fully saturated rings. The minimum atomic E-state index is -4.81. The standard InChI is InChI=1S/C33H28F3NO3S/c1-22-18-19-26-27(20-22)37(21-38-2)30(24-14-8-4-9-15-24)29(26)28(23-12-6-3-7-13-23)31(33(34,35)36)40-32(41)39-25-16-10-5-11-17-25/h3-20,28,31H,21H2,1-2H3. The number of nitrogens with zero attached hydrogens (tertiary/aromatic N) is 1. The van der Waals surface area contributed by atoms with Crippen LogP contribution in [0.4, 0.5) is 13.2 Å². The third-order valence-corrected chi connectivity index (χ3v) is 7.01. The number of fused-ring (bicyclic) bond motifs is 1. The summed E-state index contributed by atoms with van der Waals surface area (Å²) in [7, 11) is 1.56. The molecule has 2 unspecified atom stereocenters. The summed E-state index contributed by atoms with van der Waals surface area (Å²) >= 11 is 5.22. The lowest BCUT2D eigenvalue weighted by molar-refractivity contribution is -0.204. The second-order valence-corrected chi connectivity index (χ2v) is 9.96. The molecule has 210 valence electrons. The number of benzene rings is 4. The molecular weight excluding hydrogens is 547 g/mol. The minimum absolute atomic E-state index is 0.138. The SMILES string of the molecule is COCn1c(-c2ccccc2)c(C(c2ccccc2)C(OC(=S)Oc2ccccc2)C(F)(F)F)c2ccc(C)cc21. The van der Waals surface area contributed by atoms with Gasteiger partial charge in [0.25, 0.3) is 0 Å². The van der Waals surface area contributed by atoms with Crippen molar-refractivity contribution >= 4 is 28.4 Å². The first kappa shape index (κ1) is 28.4. The lowest BCUT2D eigenvalue weighted by Gasteiger charge is -2.31. The van der Waals surface area contributed by atoms with Crippen LogP contribution in [0.5, 0.6) is 5.75 Å². The van der Waals surface area contributed by atoms with Gasteiger partial charge >= 0.3 is 11.4 Å².